The number of rotatable bonds is 8. The number of hydrogen-bond acceptors (Lipinski definition) is 9. The summed E-state index contributed by atoms with van der Waals surface area (Å²) >= 11 is 1.22. The largest absolute Gasteiger partial charge is 0.496 e. The fraction of sp³-hybridized carbons (Fsp3) is 0.286. The monoisotopic (exact) mass is 536 g/mol. The summed E-state index contributed by atoms with van der Waals surface area (Å²) < 4.78 is 23.7. The maximum atomic E-state index is 13.8. The van der Waals surface area contributed by atoms with E-state index in [2.05, 4.69) is 4.99 Å². The third-order valence-electron chi connectivity index (χ3n) is 5.78. The van der Waals surface area contributed by atoms with Crippen molar-refractivity contribution in [2.24, 2.45) is 4.99 Å². The van der Waals surface area contributed by atoms with Crippen LogP contribution in [-0.4, -0.2) is 36.8 Å². The SMILES string of the molecule is CCOC(=O)C1=C(C)N=c2s/c(=C/c3ccccc3OC)c(=O)n2[C@H]1c1ccc(OC(C)=O)c(OCC)c1. The van der Waals surface area contributed by atoms with Gasteiger partial charge in [-0.15, -0.1) is 0 Å². The first kappa shape index (κ1) is 26.9. The number of para-hydroxylation sites is 1. The number of carbonyl (C=O) groups excluding carboxylic acids is 2. The van der Waals surface area contributed by atoms with E-state index in [4.69, 9.17) is 18.9 Å². The van der Waals surface area contributed by atoms with E-state index < -0.39 is 18.0 Å². The number of benzene rings is 2. The first-order chi connectivity index (χ1) is 18.3. The van der Waals surface area contributed by atoms with Crippen LogP contribution in [0.15, 0.2) is 63.5 Å². The summed E-state index contributed by atoms with van der Waals surface area (Å²) in [6, 6.07) is 11.5. The molecule has 3 aromatic rings. The van der Waals surface area contributed by atoms with Gasteiger partial charge in [-0.3, -0.25) is 14.2 Å². The highest BCUT2D eigenvalue weighted by atomic mass is 32.1. The van der Waals surface area contributed by atoms with Crippen LogP contribution in [0.4, 0.5) is 0 Å². The summed E-state index contributed by atoms with van der Waals surface area (Å²) in [6.45, 7) is 7.02. The number of thiazole rings is 1. The van der Waals surface area contributed by atoms with Crippen molar-refractivity contribution in [3.8, 4) is 17.2 Å². The molecule has 0 radical (unpaired) electrons. The second-order valence-corrected chi connectivity index (χ2v) is 9.29. The molecule has 1 aromatic heterocycles. The van der Waals surface area contributed by atoms with E-state index >= 15 is 0 Å². The number of carbonyl (C=O) groups is 2. The van der Waals surface area contributed by atoms with Crippen LogP contribution < -0.4 is 29.1 Å². The summed E-state index contributed by atoms with van der Waals surface area (Å²) in [7, 11) is 1.57. The second kappa shape index (κ2) is 11.5. The van der Waals surface area contributed by atoms with Gasteiger partial charge in [-0.05, 0) is 50.6 Å². The molecule has 0 amide bonds. The van der Waals surface area contributed by atoms with Gasteiger partial charge >= 0.3 is 11.9 Å². The third-order valence-corrected chi connectivity index (χ3v) is 6.76. The molecule has 0 unspecified atom stereocenters. The molecular weight excluding hydrogens is 508 g/mol. The van der Waals surface area contributed by atoms with E-state index in [1.54, 1.807) is 52.2 Å². The van der Waals surface area contributed by atoms with Gasteiger partial charge in [0.1, 0.15) is 5.75 Å². The van der Waals surface area contributed by atoms with E-state index in [1.165, 1.54) is 22.8 Å². The summed E-state index contributed by atoms with van der Waals surface area (Å²) in [5.74, 6) is 0.116. The molecule has 1 atom stereocenters. The van der Waals surface area contributed by atoms with Crippen molar-refractivity contribution < 1.29 is 28.5 Å². The molecule has 2 aromatic carbocycles. The quantitative estimate of drug-likeness (QED) is 0.322. The topological polar surface area (TPSA) is 105 Å². The Labute approximate surface area is 223 Å². The molecule has 4 rings (SSSR count). The molecule has 1 aliphatic rings. The molecule has 1 aliphatic heterocycles. The van der Waals surface area contributed by atoms with Gasteiger partial charge in [0.2, 0.25) is 0 Å². The minimum Gasteiger partial charge on any atom is -0.496 e. The van der Waals surface area contributed by atoms with Crippen molar-refractivity contribution >= 4 is 29.4 Å². The predicted molar refractivity (Wildman–Crippen MR) is 142 cm³/mol. The smallest absolute Gasteiger partial charge is 0.338 e. The molecule has 2 heterocycles. The molecule has 0 fully saturated rings. The predicted octanol–water partition coefficient (Wildman–Crippen LogP) is 3.13. The van der Waals surface area contributed by atoms with Gasteiger partial charge in [0.05, 0.1) is 42.2 Å². The number of fused-ring (bicyclic) bond motifs is 1. The summed E-state index contributed by atoms with van der Waals surface area (Å²) in [6.07, 6.45) is 1.75. The number of nitrogens with zero attached hydrogens (tertiary/aromatic N) is 2. The molecule has 0 spiro atoms. The van der Waals surface area contributed by atoms with Gasteiger partial charge in [0.15, 0.2) is 16.3 Å². The zero-order chi connectivity index (χ0) is 27.4. The zero-order valence-electron chi connectivity index (χ0n) is 21.8. The molecular formula is C28H28N2O7S. The first-order valence-corrected chi connectivity index (χ1v) is 12.9. The third kappa shape index (κ3) is 5.26. The van der Waals surface area contributed by atoms with E-state index in [-0.39, 0.29) is 23.5 Å². The Hall–Kier alpha value is -4.18. The summed E-state index contributed by atoms with van der Waals surface area (Å²) in [5.41, 5.74) is 1.68. The number of allylic oxidation sites excluding steroid dienone is 1. The average molecular weight is 537 g/mol. The van der Waals surface area contributed by atoms with E-state index in [1.807, 2.05) is 24.3 Å². The van der Waals surface area contributed by atoms with Crippen LogP contribution in [0.25, 0.3) is 6.08 Å². The van der Waals surface area contributed by atoms with Gasteiger partial charge in [-0.25, -0.2) is 9.79 Å². The van der Waals surface area contributed by atoms with Crippen LogP contribution in [0.1, 0.15) is 44.9 Å². The minimum atomic E-state index is -0.837. The number of hydrogen-bond donors (Lipinski definition) is 0. The van der Waals surface area contributed by atoms with Gasteiger partial charge in [-0.2, -0.15) is 0 Å². The van der Waals surface area contributed by atoms with Crippen molar-refractivity contribution in [2.45, 2.75) is 33.7 Å². The van der Waals surface area contributed by atoms with Crippen LogP contribution in [0.3, 0.4) is 0 Å². The van der Waals surface area contributed by atoms with E-state index in [0.29, 0.717) is 38.7 Å². The summed E-state index contributed by atoms with van der Waals surface area (Å²) in [4.78, 5) is 43.6. The number of aromatic nitrogens is 1. The van der Waals surface area contributed by atoms with Crippen molar-refractivity contribution in [2.75, 3.05) is 20.3 Å². The Balaban J connectivity index is 1.97. The van der Waals surface area contributed by atoms with Crippen molar-refractivity contribution in [3.05, 3.63) is 84.5 Å². The minimum absolute atomic E-state index is 0.163. The average Bonchev–Trinajstić information content (AvgIpc) is 3.18. The Morgan fingerprint density at radius 1 is 1.08 bits per heavy atom. The zero-order valence-corrected chi connectivity index (χ0v) is 22.6. The summed E-state index contributed by atoms with van der Waals surface area (Å²) in [5, 5.41) is 0. The van der Waals surface area contributed by atoms with Gasteiger partial charge in [0.25, 0.3) is 5.56 Å². The van der Waals surface area contributed by atoms with Crippen LogP contribution in [-0.2, 0) is 14.3 Å². The highest BCUT2D eigenvalue weighted by Gasteiger charge is 2.34. The first-order valence-electron chi connectivity index (χ1n) is 12.1. The van der Waals surface area contributed by atoms with Gasteiger partial charge < -0.3 is 18.9 Å². The van der Waals surface area contributed by atoms with Crippen molar-refractivity contribution in [1.29, 1.82) is 0 Å². The normalized spacial score (nSPS) is 15.0. The van der Waals surface area contributed by atoms with Crippen molar-refractivity contribution in [1.82, 2.24) is 4.57 Å². The Morgan fingerprint density at radius 2 is 1.84 bits per heavy atom. The standard InChI is InChI=1S/C28H28N2O7S/c1-6-35-22-14-19(12-13-21(22)37-17(4)31)25-24(27(33)36-7-2)16(3)29-28-30(25)26(32)23(38-28)15-18-10-8-9-11-20(18)34-5/h8-15,25H,6-7H2,1-5H3/b23-15+/t25-/m0/s1. The highest BCUT2D eigenvalue weighted by Crippen LogP contribution is 2.36. The van der Waals surface area contributed by atoms with Crippen LogP contribution in [0, 0.1) is 0 Å². The molecule has 0 bridgehead atoms. The maximum Gasteiger partial charge on any atom is 0.338 e. The highest BCUT2D eigenvalue weighted by molar-refractivity contribution is 7.07. The Morgan fingerprint density at radius 3 is 2.53 bits per heavy atom. The number of esters is 2. The lowest BCUT2D eigenvalue weighted by atomic mass is 9.95. The van der Waals surface area contributed by atoms with Crippen LogP contribution >= 0.6 is 11.3 Å². The fourth-order valence-corrected chi connectivity index (χ4v) is 5.27. The lowest BCUT2D eigenvalue weighted by molar-refractivity contribution is -0.139. The Kier molecular flexibility index (Phi) is 8.11. The second-order valence-electron chi connectivity index (χ2n) is 8.28. The lowest BCUT2D eigenvalue weighted by Crippen LogP contribution is -2.40. The van der Waals surface area contributed by atoms with E-state index in [9.17, 15) is 14.4 Å². The van der Waals surface area contributed by atoms with Crippen molar-refractivity contribution in [3.63, 3.8) is 0 Å². The van der Waals surface area contributed by atoms with Gasteiger partial charge in [-0.1, -0.05) is 35.6 Å². The van der Waals surface area contributed by atoms with Gasteiger partial charge in [0, 0.05) is 12.5 Å². The van der Waals surface area contributed by atoms with Crippen LogP contribution in [0.2, 0.25) is 0 Å². The molecule has 0 N–H and O–H groups in total. The van der Waals surface area contributed by atoms with Crippen LogP contribution in [0.5, 0.6) is 17.2 Å². The lowest BCUT2D eigenvalue weighted by Gasteiger charge is -2.25. The molecule has 10 heteroatoms. The molecule has 38 heavy (non-hydrogen) atoms. The number of ether oxygens (including phenoxy) is 4. The molecule has 0 saturated carbocycles. The molecule has 0 saturated heterocycles. The number of methoxy groups -OCH3 is 1. The Bertz CT molecular complexity index is 1600. The molecule has 0 aliphatic carbocycles. The van der Waals surface area contributed by atoms with E-state index in [0.717, 1.165) is 5.56 Å². The molecule has 198 valence electrons. The maximum absolute atomic E-state index is 13.8. The fourth-order valence-electron chi connectivity index (χ4n) is 4.24. The molecule has 9 nitrogen and oxygen atoms in total.